The zero-order valence-corrected chi connectivity index (χ0v) is 18.6. The van der Waals surface area contributed by atoms with Crippen molar-refractivity contribution in [2.75, 3.05) is 0 Å². The molecular weight excluding hydrogens is 386 g/mol. The Labute approximate surface area is 160 Å². The van der Waals surface area contributed by atoms with Crippen LogP contribution in [-0.4, -0.2) is 30.9 Å². The van der Waals surface area contributed by atoms with Gasteiger partial charge in [-0.15, -0.1) is 0 Å². The van der Waals surface area contributed by atoms with Crippen molar-refractivity contribution in [2.24, 2.45) is 22.2 Å². The summed E-state index contributed by atoms with van der Waals surface area (Å²) in [7, 11) is -6.10. The molecule has 2 unspecified atom stereocenters. The summed E-state index contributed by atoms with van der Waals surface area (Å²) in [6.07, 6.45) is 0.451. The van der Waals surface area contributed by atoms with Crippen LogP contribution >= 0.6 is 0 Å². The highest BCUT2D eigenvalue weighted by Crippen LogP contribution is 2.53. The zero-order valence-electron chi connectivity index (χ0n) is 17.7. The number of piperidine rings is 1. The molecule has 0 radical (unpaired) electrons. The van der Waals surface area contributed by atoms with Crippen molar-refractivity contribution in [3.63, 3.8) is 0 Å². The minimum Gasteiger partial charge on any atom is -0.184 e. The third kappa shape index (κ3) is 5.15. The Bertz CT molecular complexity index is 615. The lowest BCUT2D eigenvalue weighted by Crippen LogP contribution is -2.68. The van der Waals surface area contributed by atoms with Gasteiger partial charge >= 0.3 is 15.6 Å². The fourth-order valence-electron chi connectivity index (χ4n) is 3.91. The van der Waals surface area contributed by atoms with E-state index in [-0.39, 0.29) is 24.2 Å². The monoisotopic (exact) mass is 420 g/mol. The molecule has 0 N–H and O–H groups in total. The highest BCUT2D eigenvalue weighted by molar-refractivity contribution is 7.87. The SMILES string of the molecule is CC(C)(C)C1CC(C(C)(C)C)[N+](F)(OS(=O)(=O)C(F)(F)F)C(C(C)(C)C)C1. The van der Waals surface area contributed by atoms with Crippen molar-refractivity contribution < 1.29 is 35.2 Å². The molecule has 0 aliphatic carbocycles. The highest BCUT2D eigenvalue weighted by Gasteiger charge is 2.67. The van der Waals surface area contributed by atoms with Gasteiger partial charge in [-0.1, -0.05) is 62.3 Å². The van der Waals surface area contributed by atoms with Crippen molar-refractivity contribution in [1.82, 2.24) is 0 Å². The normalized spacial score (nSPS) is 31.8. The largest absolute Gasteiger partial charge is 0.528 e. The second kappa shape index (κ2) is 6.83. The molecule has 0 amide bonds. The Morgan fingerprint density at radius 2 is 1.11 bits per heavy atom. The van der Waals surface area contributed by atoms with E-state index in [0.717, 1.165) is 0 Å². The van der Waals surface area contributed by atoms with E-state index in [0.29, 0.717) is 0 Å². The standard InChI is InChI=1S/C18H34F4NO3S/c1-15(2,3)12-10-13(16(4,5)6)23(22,14(11-12)17(7,8)9)26-27(24,25)18(19,20)21/h12-14H,10-11H2,1-9H3/q+1. The number of hydrogen-bond donors (Lipinski definition) is 0. The molecule has 0 aromatic rings. The number of hydroxylamine groups is 2. The number of alkyl halides is 3. The van der Waals surface area contributed by atoms with Crippen molar-refractivity contribution in [1.29, 1.82) is 0 Å². The molecule has 0 bridgehead atoms. The second-order valence-corrected chi connectivity index (χ2v) is 12.4. The van der Waals surface area contributed by atoms with E-state index < -0.39 is 43.4 Å². The first-order valence-electron chi connectivity index (χ1n) is 9.14. The molecule has 1 aliphatic rings. The molecule has 27 heavy (non-hydrogen) atoms. The van der Waals surface area contributed by atoms with E-state index in [2.05, 4.69) is 4.28 Å². The summed E-state index contributed by atoms with van der Waals surface area (Å²) in [5, 5.41) is 0. The first-order valence-corrected chi connectivity index (χ1v) is 10.5. The van der Waals surface area contributed by atoms with Crippen LogP contribution in [0.1, 0.15) is 75.2 Å². The number of halogens is 4. The molecule has 0 aromatic carbocycles. The maximum Gasteiger partial charge on any atom is 0.528 e. The topological polar surface area (TPSA) is 43.4 Å². The number of rotatable bonds is 2. The van der Waals surface area contributed by atoms with E-state index in [1.807, 2.05) is 20.8 Å². The Kier molecular flexibility index (Phi) is 6.23. The van der Waals surface area contributed by atoms with Gasteiger partial charge in [-0.2, -0.15) is 21.6 Å². The van der Waals surface area contributed by atoms with Crippen LogP contribution in [0.3, 0.4) is 0 Å². The summed E-state index contributed by atoms with van der Waals surface area (Å²) in [6, 6.07) is -2.14. The van der Waals surface area contributed by atoms with Crippen molar-refractivity contribution >= 4 is 10.1 Å². The Balaban J connectivity index is 3.62. The van der Waals surface area contributed by atoms with E-state index in [9.17, 15) is 21.6 Å². The van der Waals surface area contributed by atoms with E-state index in [1.165, 1.54) is 0 Å². The molecule has 1 fully saturated rings. The van der Waals surface area contributed by atoms with Gasteiger partial charge in [0.1, 0.15) is 0 Å². The van der Waals surface area contributed by atoms with Gasteiger partial charge in [0.25, 0.3) is 0 Å². The Morgan fingerprint density at radius 3 is 1.33 bits per heavy atom. The van der Waals surface area contributed by atoms with E-state index >= 15 is 4.48 Å². The summed E-state index contributed by atoms with van der Waals surface area (Å²) in [5.41, 5.74) is -7.52. The van der Waals surface area contributed by atoms with Crippen LogP contribution in [0.5, 0.6) is 0 Å². The predicted molar refractivity (Wildman–Crippen MR) is 96.1 cm³/mol. The lowest BCUT2D eigenvalue weighted by atomic mass is 9.64. The average molecular weight is 421 g/mol. The minimum atomic E-state index is -6.10. The molecule has 9 heteroatoms. The van der Waals surface area contributed by atoms with Crippen LogP contribution in [-0.2, 0) is 14.4 Å². The van der Waals surface area contributed by atoms with Gasteiger partial charge < -0.3 is 0 Å². The van der Waals surface area contributed by atoms with Crippen LogP contribution in [0.25, 0.3) is 0 Å². The lowest BCUT2D eigenvalue weighted by molar-refractivity contribution is -1.23. The average Bonchev–Trinajstić information content (AvgIpc) is 2.31. The van der Waals surface area contributed by atoms with Gasteiger partial charge in [-0.05, 0) is 15.6 Å². The lowest BCUT2D eigenvalue weighted by Gasteiger charge is -2.52. The fraction of sp³-hybridized carbons (Fsp3) is 1.00. The second-order valence-electron chi connectivity index (χ2n) is 10.9. The predicted octanol–water partition coefficient (Wildman–Crippen LogP) is 5.75. The number of hydrogen-bond acceptors (Lipinski definition) is 3. The minimum absolute atomic E-state index is 0.00476. The maximum atomic E-state index is 16.3. The molecule has 0 saturated carbocycles. The molecule has 1 rings (SSSR count). The number of quaternary nitrogens is 1. The van der Waals surface area contributed by atoms with Gasteiger partial charge in [0.05, 0.1) is 0 Å². The third-order valence-electron chi connectivity index (χ3n) is 5.59. The van der Waals surface area contributed by atoms with Crippen LogP contribution in [0.2, 0.25) is 0 Å². The van der Waals surface area contributed by atoms with Gasteiger partial charge in [0, 0.05) is 33.0 Å². The van der Waals surface area contributed by atoms with Gasteiger partial charge in [-0.3, -0.25) is 0 Å². The third-order valence-corrected chi connectivity index (χ3v) is 6.58. The molecule has 2 atom stereocenters. The fourth-order valence-corrected chi connectivity index (χ4v) is 4.50. The van der Waals surface area contributed by atoms with E-state index in [1.54, 1.807) is 41.5 Å². The van der Waals surface area contributed by atoms with Gasteiger partial charge in [0.15, 0.2) is 12.1 Å². The first-order chi connectivity index (χ1) is 11.5. The quantitative estimate of drug-likeness (QED) is 0.324. The molecule has 1 aliphatic heterocycles. The number of nitrogens with zero attached hydrogens (tertiary/aromatic N) is 1. The summed E-state index contributed by atoms with van der Waals surface area (Å²) in [5.74, 6) is 0.00476. The zero-order chi connectivity index (χ0) is 21.9. The van der Waals surface area contributed by atoms with Crippen molar-refractivity contribution in [2.45, 2.75) is 92.7 Å². The molecule has 4 nitrogen and oxygen atoms in total. The van der Waals surface area contributed by atoms with E-state index in [4.69, 9.17) is 0 Å². The first kappa shape index (κ1) is 24.6. The summed E-state index contributed by atoms with van der Waals surface area (Å²) < 4.78 is 83.1. The van der Waals surface area contributed by atoms with Crippen molar-refractivity contribution in [3.8, 4) is 0 Å². The summed E-state index contributed by atoms with van der Waals surface area (Å²) in [6.45, 7) is 16.2. The highest BCUT2D eigenvalue weighted by atomic mass is 32.2. The molecule has 0 aromatic heterocycles. The maximum absolute atomic E-state index is 16.3. The summed E-state index contributed by atoms with van der Waals surface area (Å²) in [4.78, 5) is -2.08. The molecule has 1 heterocycles. The van der Waals surface area contributed by atoms with Crippen LogP contribution in [0.4, 0.5) is 17.7 Å². The Morgan fingerprint density at radius 1 is 0.778 bits per heavy atom. The van der Waals surface area contributed by atoms with Crippen LogP contribution in [0, 0.1) is 22.2 Å². The molecule has 1 saturated heterocycles. The molecular formula is C18H34F4NO3S+. The van der Waals surface area contributed by atoms with Gasteiger partial charge in [0.2, 0.25) is 0 Å². The van der Waals surface area contributed by atoms with Gasteiger partial charge in [-0.25, -0.2) is 0 Å². The smallest absolute Gasteiger partial charge is 0.184 e. The molecule has 162 valence electrons. The van der Waals surface area contributed by atoms with Crippen LogP contribution < -0.4 is 0 Å². The molecule has 0 spiro atoms. The Hall–Kier alpha value is -0.410. The van der Waals surface area contributed by atoms with Crippen LogP contribution in [0.15, 0.2) is 0 Å². The summed E-state index contributed by atoms with van der Waals surface area (Å²) >= 11 is 0. The van der Waals surface area contributed by atoms with Crippen molar-refractivity contribution in [3.05, 3.63) is 0 Å².